The van der Waals surface area contributed by atoms with Gasteiger partial charge in [-0.3, -0.25) is 5.65 Å². The maximum atomic E-state index is 13.0. The van der Waals surface area contributed by atoms with Gasteiger partial charge >= 0.3 is 160 Å². The molecule has 0 saturated heterocycles. The predicted octanol–water partition coefficient (Wildman–Crippen LogP) is -10.0. The van der Waals surface area contributed by atoms with E-state index in [1.165, 1.54) is 12.1 Å². The third kappa shape index (κ3) is 9.66. The first kappa shape index (κ1) is 55.6. The molecule has 0 radical (unpaired) electrons. The summed E-state index contributed by atoms with van der Waals surface area (Å²) in [5, 5.41) is -1.06. The second-order valence-electron chi connectivity index (χ2n) is 12.1. The van der Waals surface area contributed by atoms with Crippen LogP contribution in [0.5, 0.6) is 0 Å². The van der Waals surface area contributed by atoms with Crippen LogP contribution in [0.25, 0.3) is 89.0 Å². The maximum Gasteiger partial charge on any atom is 2.00 e. The molecule has 62 heavy (non-hydrogen) atoms. The molecular weight excluding hydrogens is 1300 g/mol. The number of aromatic nitrogens is 8. The van der Waals surface area contributed by atoms with Gasteiger partial charge in [-0.1, -0.05) is 89.2 Å². The van der Waals surface area contributed by atoms with Crippen LogP contribution in [0.15, 0.2) is 92.4 Å². The molecular formula is C32H14N8Na4O12Pt2S4. The van der Waals surface area contributed by atoms with Crippen LogP contribution in [0.3, 0.4) is 0 Å². The fraction of sp³-hybridized carbons (Fsp3) is 0. The van der Waals surface area contributed by atoms with Gasteiger partial charge in [0, 0.05) is 22.2 Å². The summed E-state index contributed by atoms with van der Waals surface area (Å²) in [5.41, 5.74) is -1.19. The van der Waals surface area contributed by atoms with E-state index >= 15 is 0 Å². The normalized spacial score (nSPS) is 11.9. The minimum absolute atomic E-state index is 0. The topological polar surface area (TPSA) is 343 Å². The fourth-order valence-electron chi connectivity index (χ4n) is 6.72. The van der Waals surface area contributed by atoms with E-state index in [-0.39, 0.29) is 206 Å². The molecule has 0 amide bonds. The van der Waals surface area contributed by atoms with Gasteiger partial charge in [-0.2, -0.15) is 5.65 Å². The average Bonchev–Trinajstić information content (AvgIpc) is 3.84. The number of benzene rings is 4. The van der Waals surface area contributed by atoms with Crippen LogP contribution in [0.2, 0.25) is 0 Å². The maximum absolute atomic E-state index is 13.0. The van der Waals surface area contributed by atoms with Crippen molar-refractivity contribution in [2.24, 2.45) is 0 Å². The van der Waals surface area contributed by atoms with Crippen LogP contribution in [0.4, 0.5) is 0 Å². The van der Waals surface area contributed by atoms with Crippen LogP contribution in [-0.4, -0.2) is 71.8 Å². The number of hydrogen-bond acceptors (Lipinski definition) is 14. The quantitative estimate of drug-likeness (QED) is 0.122. The number of rotatable bonds is 4. The van der Waals surface area contributed by atoms with Gasteiger partial charge in [0.15, 0.2) is 5.82 Å². The van der Waals surface area contributed by atoms with Gasteiger partial charge in [0.1, 0.15) is 46.3 Å². The summed E-state index contributed by atoms with van der Waals surface area (Å²) in [4.78, 5) is 22.9. The number of nitrogens with zero attached hydrogens (tertiary/aromatic N) is 6. The van der Waals surface area contributed by atoms with Crippen LogP contribution in [0.1, 0.15) is 0 Å². The van der Waals surface area contributed by atoms with Crippen LogP contribution >= 0.6 is 0 Å². The summed E-state index contributed by atoms with van der Waals surface area (Å²) < 4.78 is 154. The molecule has 0 aliphatic carbocycles. The molecule has 0 saturated carbocycles. The molecule has 0 fully saturated rings. The van der Waals surface area contributed by atoms with Crippen molar-refractivity contribution in [3.05, 3.63) is 72.8 Å². The van der Waals surface area contributed by atoms with Gasteiger partial charge in [-0.05, 0) is 16.2 Å². The van der Waals surface area contributed by atoms with E-state index < -0.39 is 82.1 Å². The van der Waals surface area contributed by atoms with E-state index in [0.717, 1.165) is 0 Å². The molecule has 2 N–H and O–H groups in total. The molecule has 1 aliphatic heterocycles. The molecule has 20 nitrogen and oxygen atoms in total. The van der Waals surface area contributed by atoms with Gasteiger partial charge in [0.2, 0.25) is 0 Å². The molecule has 1 aliphatic rings. The molecule has 4 aromatic carbocycles. The molecule has 8 aromatic rings. The van der Waals surface area contributed by atoms with E-state index in [2.05, 4.69) is 34.9 Å². The standard InChI is InChI=1S/C32H18N8O12S4.4Na.2Pt/c41-53(42,43)21-19-20(22(54(44,45)46)24(56(50,51)52)23(21)55(47,48)49)32-39-30-18-12-6-4-10-16(18)28(37-30)35-26-14-8-2-1-7-13(14)25(33-26)34-27-15-9-3-5-11-17(15)29(36-27)38-31(19)40-32;;;;;;/h1-12,40H,(H,34,36,38)(H,41,42,43)(H,44,45,46)(H,47,48,49)(H,50,51,52);;;;;;/q-4;4*+1;2*+2/p-4. The Balaban J connectivity index is 0.00000171. The zero-order chi connectivity index (χ0) is 39.7. The van der Waals surface area contributed by atoms with Gasteiger partial charge in [0.05, 0.1) is 19.6 Å². The molecule has 8 bridgehead atoms. The Labute approximate surface area is 466 Å². The summed E-state index contributed by atoms with van der Waals surface area (Å²) >= 11 is 0. The number of nitrogens with one attached hydrogen (secondary N) is 2. The Morgan fingerprint density at radius 2 is 0.823 bits per heavy atom. The Morgan fingerprint density at radius 3 is 1.31 bits per heavy atom. The Kier molecular flexibility index (Phi) is 17.8. The summed E-state index contributed by atoms with van der Waals surface area (Å²) in [6.07, 6.45) is 0. The van der Waals surface area contributed by atoms with Crippen molar-refractivity contribution in [3.63, 3.8) is 0 Å². The van der Waals surface area contributed by atoms with Crippen molar-refractivity contribution < 1.29 is 212 Å². The monoisotopic (exact) mass is 1310 g/mol. The van der Waals surface area contributed by atoms with Crippen molar-refractivity contribution in [2.45, 2.75) is 19.6 Å². The predicted molar refractivity (Wildman–Crippen MR) is 189 cm³/mol. The molecule has 0 unspecified atom stereocenters. The van der Waals surface area contributed by atoms with Crippen LogP contribution in [-0.2, 0) is 82.6 Å². The summed E-state index contributed by atoms with van der Waals surface area (Å²) in [6.45, 7) is 0. The Morgan fingerprint density at radius 1 is 0.435 bits per heavy atom. The number of aromatic amines is 2. The summed E-state index contributed by atoms with van der Waals surface area (Å²) in [7, 11) is -26.0. The Bertz CT molecular complexity index is 3760. The second kappa shape index (κ2) is 19.8. The van der Waals surface area contributed by atoms with Gasteiger partial charge in [-0.15, -0.1) is 5.65 Å². The number of hydrogen-bond donors (Lipinski definition) is 2. The van der Waals surface area contributed by atoms with Crippen LogP contribution < -0.4 is 138 Å². The molecule has 0 atom stereocenters. The minimum Gasteiger partial charge on any atom is -0.744 e. The van der Waals surface area contributed by atoms with E-state index in [1.807, 2.05) is 0 Å². The van der Waals surface area contributed by atoms with Crippen molar-refractivity contribution >= 4 is 107 Å². The molecule has 302 valence electrons. The smallest absolute Gasteiger partial charge is 0.744 e. The summed E-state index contributed by atoms with van der Waals surface area (Å²) in [6, 6.07) is 19.6. The van der Waals surface area contributed by atoms with E-state index in [0.29, 0.717) is 21.7 Å². The third-order valence-electron chi connectivity index (χ3n) is 8.82. The Hall–Kier alpha value is -0.743. The van der Waals surface area contributed by atoms with Gasteiger partial charge in [-0.25, -0.2) is 49.3 Å². The summed E-state index contributed by atoms with van der Waals surface area (Å²) in [5.74, 6) is -0.207. The number of H-pyrrole nitrogens is 2. The average molecular weight is 1310 g/mol. The molecule has 5 heterocycles. The number of fused-ring (bicyclic) bond motifs is 20. The molecule has 30 heteroatoms. The van der Waals surface area contributed by atoms with Crippen LogP contribution in [0, 0.1) is 0 Å². The van der Waals surface area contributed by atoms with E-state index in [9.17, 15) is 51.9 Å². The second-order valence-corrected chi connectivity index (χ2v) is 17.4. The first-order chi connectivity index (χ1) is 26.3. The van der Waals surface area contributed by atoms with Gasteiger partial charge in [0.25, 0.3) is 0 Å². The van der Waals surface area contributed by atoms with Gasteiger partial charge < -0.3 is 48.1 Å². The van der Waals surface area contributed by atoms with E-state index in [4.69, 9.17) is 4.98 Å². The molecule has 0 spiro atoms. The van der Waals surface area contributed by atoms with Crippen molar-refractivity contribution in [2.75, 3.05) is 0 Å². The zero-order valence-electron chi connectivity index (χ0n) is 31.8. The van der Waals surface area contributed by atoms with Crippen molar-refractivity contribution in [1.29, 1.82) is 0 Å². The van der Waals surface area contributed by atoms with Crippen molar-refractivity contribution in [1.82, 2.24) is 39.9 Å². The largest absolute Gasteiger partial charge is 2.00 e. The zero-order valence-corrected chi connectivity index (χ0v) is 47.6. The van der Waals surface area contributed by atoms with Crippen molar-refractivity contribution in [3.8, 4) is 22.8 Å². The SMILES string of the molecule is O=S(=O)([O-])c1c(S(=O)(=O)[O-])c(S(=O)(=O)[O-])c2c3[n-]c4[n-]c([n-]c5[n-]c([nH]c6nc(nc([nH]3)c2c1S(=O)(=O)[O-])-c1ccccc1-6)c1ccccc51)c1ccccc41.[Na+].[Na+].[Na+].[Na+].[Pt+2].[Pt+2]. The minimum atomic E-state index is -6.60. The van der Waals surface area contributed by atoms with E-state index in [1.54, 1.807) is 60.7 Å². The molecule has 4 aromatic heterocycles. The first-order valence-electron chi connectivity index (χ1n) is 15.5. The third-order valence-corrected chi connectivity index (χ3v) is 12.8. The molecule has 9 rings (SSSR count). The fourth-order valence-corrected chi connectivity index (χ4v) is 11.6. The first-order valence-corrected chi connectivity index (χ1v) is 21.1.